The van der Waals surface area contributed by atoms with Crippen molar-refractivity contribution in [2.45, 2.75) is 12.7 Å². The van der Waals surface area contributed by atoms with Crippen molar-refractivity contribution in [1.82, 2.24) is 0 Å². The van der Waals surface area contributed by atoms with Gasteiger partial charge in [0, 0.05) is 0 Å². The average molecular weight is 292 g/mol. The van der Waals surface area contributed by atoms with Crippen LogP contribution in [0.4, 0.5) is 8.78 Å². The molecule has 0 fully saturated rings. The largest absolute Gasteiger partial charge is 0.435 e. The molecular formula is C12H12ClF2NOS. The number of nitrogens with two attached hydrogens (primary N) is 1. The lowest BCUT2D eigenvalue weighted by molar-refractivity contribution is -0.0498. The molecule has 0 bridgehead atoms. The summed E-state index contributed by atoms with van der Waals surface area (Å²) < 4.78 is 28.5. The van der Waals surface area contributed by atoms with Gasteiger partial charge in [-0.25, -0.2) is 0 Å². The van der Waals surface area contributed by atoms with E-state index < -0.39 is 6.61 Å². The molecule has 1 aromatic carbocycles. The summed E-state index contributed by atoms with van der Waals surface area (Å²) >= 11 is 1.55. The molecule has 6 heteroatoms. The fraction of sp³-hybridized carbons (Fsp3) is 0.167. The zero-order chi connectivity index (χ0) is 12.3. The van der Waals surface area contributed by atoms with Crippen LogP contribution < -0.4 is 10.5 Å². The van der Waals surface area contributed by atoms with Crippen LogP contribution in [0.15, 0.2) is 41.1 Å². The molecule has 2 N–H and O–H groups in total. The molecule has 0 saturated carbocycles. The molecule has 0 aliphatic rings. The Hall–Kier alpha value is -1.17. The predicted octanol–water partition coefficient (Wildman–Crippen LogP) is 3.82. The van der Waals surface area contributed by atoms with E-state index in [9.17, 15) is 8.78 Å². The van der Waals surface area contributed by atoms with Gasteiger partial charge in [-0.1, -0.05) is 12.1 Å². The molecule has 0 aliphatic heterocycles. The van der Waals surface area contributed by atoms with Crippen LogP contribution in [0, 0.1) is 0 Å². The quantitative estimate of drug-likeness (QED) is 0.929. The van der Waals surface area contributed by atoms with Gasteiger partial charge in [0.2, 0.25) is 0 Å². The van der Waals surface area contributed by atoms with Gasteiger partial charge in [0.05, 0.1) is 6.04 Å². The van der Waals surface area contributed by atoms with E-state index in [2.05, 4.69) is 4.74 Å². The Balaban J connectivity index is 0.00000162. The summed E-state index contributed by atoms with van der Waals surface area (Å²) in [5.41, 5.74) is 7.74. The van der Waals surface area contributed by atoms with Crippen molar-refractivity contribution < 1.29 is 13.5 Å². The van der Waals surface area contributed by atoms with Gasteiger partial charge >= 0.3 is 6.61 Å². The Kier molecular flexibility index (Phi) is 5.53. The van der Waals surface area contributed by atoms with Crippen molar-refractivity contribution in [3.63, 3.8) is 0 Å². The molecule has 0 saturated heterocycles. The first-order chi connectivity index (χ1) is 8.16. The van der Waals surface area contributed by atoms with Crippen LogP contribution in [-0.4, -0.2) is 6.61 Å². The third kappa shape index (κ3) is 3.66. The minimum Gasteiger partial charge on any atom is -0.435 e. The number of alkyl halides is 2. The van der Waals surface area contributed by atoms with Crippen LogP contribution in [-0.2, 0) is 0 Å². The highest BCUT2D eigenvalue weighted by Crippen LogP contribution is 2.25. The molecule has 1 atom stereocenters. The number of hydrogen-bond donors (Lipinski definition) is 1. The van der Waals surface area contributed by atoms with E-state index in [4.69, 9.17) is 5.73 Å². The number of thiophene rings is 1. The summed E-state index contributed by atoms with van der Waals surface area (Å²) in [5.74, 6) is 0.128. The minimum absolute atomic E-state index is 0. The van der Waals surface area contributed by atoms with E-state index in [-0.39, 0.29) is 24.2 Å². The van der Waals surface area contributed by atoms with Crippen LogP contribution in [0.2, 0.25) is 0 Å². The molecular weight excluding hydrogens is 280 g/mol. The van der Waals surface area contributed by atoms with Gasteiger partial charge in [0.1, 0.15) is 5.75 Å². The molecule has 18 heavy (non-hydrogen) atoms. The molecule has 98 valence electrons. The summed E-state index contributed by atoms with van der Waals surface area (Å²) in [6.07, 6.45) is 0. The Labute approximate surface area is 114 Å². The normalized spacial score (nSPS) is 12.0. The Morgan fingerprint density at radius 1 is 1.17 bits per heavy atom. The van der Waals surface area contributed by atoms with Crippen molar-refractivity contribution in [2.24, 2.45) is 5.73 Å². The Morgan fingerprint density at radius 3 is 2.56 bits per heavy atom. The van der Waals surface area contributed by atoms with Gasteiger partial charge < -0.3 is 10.5 Å². The van der Waals surface area contributed by atoms with Gasteiger partial charge in [-0.3, -0.25) is 0 Å². The van der Waals surface area contributed by atoms with Crippen LogP contribution >= 0.6 is 23.7 Å². The highest BCUT2D eigenvalue weighted by Gasteiger charge is 2.11. The molecule has 0 unspecified atom stereocenters. The SMILES string of the molecule is Cl.N[C@H](c1ccsc1)c1cccc(OC(F)F)c1. The summed E-state index contributed by atoms with van der Waals surface area (Å²) in [5, 5.41) is 3.86. The molecule has 1 heterocycles. The Morgan fingerprint density at radius 2 is 1.94 bits per heavy atom. The summed E-state index contributed by atoms with van der Waals surface area (Å²) in [7, 11) is 0. The van der Waals surface area contributed by atoms with E-state index in [0.29, 0.717) is 0 Å². The number of rotatable bonds is 4. The maximum absolute atomic E-state index is 12.1. The van der Waals surface area contributed by atoms with E-state index in [1.165, 1.54) is 12.1 Å². The van der Waals surface area contributed by atoms with E-state index in [1.54, 1.807) is 23.5 Å². The van der Waals surface area contributed by atoms with Gasteiger partial charge in [-0.2, -0.15) is 20.1 Å². The lowest BCUT2D eigenvalue weighted by Gasteiger charge is -2.12. The zero-order valence-electron chi connectivity index (χ0n) is 9.25. The highest BCUT2D eigenvalue weighted by molar-refractivity contribution is 7.08. The average Bonchev–Trinajstić information content (AvgIpc) is 2.81. The number of halogens is 3. The molecule has 2 rings (SSSR count). The monoisotopic (exact) mass is 291 g/mol. The first-order valence-electron chi connectivity index (χ1n) is 4.99. The number of benzene rings is 1. The lowest BCUT2D eigenvalue weighted by Crippen LogP contribution is -2.11. The number of hydrogen-bond acceptors (Lipinski definition) is 3. The van der Waals surface area contributed by atoms with Crippen LogP contribution in [0.3, 0.4) is 0 Å². The summed E-state index contributed by atoms with van der Waals surface area (Å²) in [4.78, 5) is 0. The molecule has 2 aromatic rings. The standard InChI is InChI=1S/C12H11F2NOS.ClH/c13-12(14)16-10-3-1-2-8(6-10)11(15)9-4-5-17-7-9;/h1-7,11-12H,15H2;1H/t11-;/m0./s1. The van der Waals surface area contributed by atoms with E-state index in [1.807, 2.05) is 16.8 Å². The molecule has 0 amide bonds. The fourth-order valence-corrected chi connectivity index (χ4v) is 2.23. The molecule has 2 nitrogen and oxygen atoms in total. The minimum atomic E-state index is -2.82. The van der Waals surface area contributed by atoms with Gasteiger partial charge in [-0.15, -0.1) is 12.4 Å². The summed E-state index contributed by atoms with van der Waals surface area (Å²) in [6.45, 7) is -2.82. The fourth-order valence-electron chi connectivity index (χ4n) is 1.53. The summed E-state index contributed by atoms with van der Waals surface area (Å²) in [6, 6.07) is 8.06. The number of ether oxygens (including phenoxy) is 1. The Bertz CT molecular complexity index is 479. The maximum Gasteiger partial charge on any atom is 0.387 e. The lowest BCUT2D eigenvalue weighted by atomic mass is 10.0. The van der Waals surface area contributed by atoms with Crippen molar-refractivity contribution >= 4 is 23.7 Å². The molecule has 0 radical (unpaired) electrons. The van der Waals surface area contributed by atoms with Crippen LogP contribution in [0.1, 0.15) is 17.2 Å². The van der Waals surface area contributed by atoms with Crippen LogP contribution in [0.25, 0.3) is 0 Å². The molecule has 0 aliphatic carbocycles. The third-order valence-electron chi connectivity index (χ3n) is 2.34. The zero-order valence-corrected chi connectivity index (χ0v) is 10.9. The van der Waals surface area contributed by atoms with Crippen LogP contribution in [0.5, 0.6) is 5.75 Å². The third-order valence-corrected chi connectivity index (χ3v) is 3.05. The second kappa shape index (κ2) is 6.68. The second-order valence-electron chi connectivity index (χ2n) is 3.49. The topological polar surface area (TPSA) is 35.2 Å². The second-order valence-corrected chi connectivity index (χ2v) is 4.27. The first-order valence-corrected chi connectivity index (χ1v) is 5.93. The smallest absolute Gasteiger partial charge is 0.387 e. The van der Waals surface area contributed by atoms with Crippen molar-refractivity contribution in [3.8, 4) is 5.75 Å². The molecule has 0 spiro atoms. The highest BCUT2D eigenvalue weighted by atomic mass is 35.5. The van der Waals surface area contributed by atoms with E-state index >= 15 is 0 Å². The van der Waals surface area contributed by atoms with Crippen molar-refractivity contribution in [1.29, 1.82) is 0 Å². The predicted molar refractivity (Wildman–Crippen MR) is 70.7 cm³/mol. The van der Waals surface area contributed by atoms with E-state index in [0.717, 1.165) is 11.1 Å². The van der Waals surface area contributed by atoms with Crippen molar-refractivity contribution in [3.05, 3.63) is 52.2 Å². The van der Waals surface area contributed by atoms with Crippen molar-refractivity contribution in [2.75, 3.05) is 0 Å². The van der Waals surface area contributed by atoms with Gasteiger partial charge in [0.15, 0.2) is 0 Å². The molecule has 1 aromatic heterocycles. The maximum atomic E-state index is 12.1. The van der Waals surface area contributed by atoms with Gasteiger partial charge in [-0.05, 0) is 40.1 Å². The van der Waals surface area contributed by atoms with Gasteiger partial charge in [0.25, 0.3) is 0 Å². The first kappa shape index (κ1) is 14.9.